The molecular formula is C20H17N3O4. The number of aromatic amines is 1. The van der Waals surface area contributed by atoms with Gasteiger partial charge in [-0.25, -0.2) is 0 Å². The van der Waals surface area contributed by atoms with Crippen LogP contribution in [0.1, 0.15) is 29.2 Å². The van der Waals surface area contributed by atoms with Crippen molar-refractivity contribution in [2.75, 3.05) is 0 Å². The molecule has 0 saturated heterocycles. The number of aliphatic carboxylic acids is 1. The Bertz CT molecular complexity index is 1040. The van der Waals surface area contributed by atoms with Gasteiger partial charge in [0.15, 0.2) is 0 Å². The summed E-state index contributed by atoms with van der Waals surface area (Å²) in [6.45, 7) is 0.427. The molecule has 7 nitrogen and oxygen atoms in total. The fraction of sp³-hybridized carbons (Fsp3) is 0.150. The minimum absolute atomic E-state index is 0.0586. The van der Waals surface area contributed by atoms with Crippen molar-refractivity contribution in [3.05, 3.63) is 77.8 Å². The Balaban J connectivity index is 1.46. The Morgan fingerprint density at radius 3 is 2.78 bits per heavy atom. The monoisotopic (exact) mass is 363 g/mol. The number of H-pyrrole nitrogens is 1. The van der Waals surface area contributed by atoms with Crippen molar-refractivity contribution in [3.63, 3.8) is 0 Å². The largest absolute Gasteiger partial charge is 0.489 e. The number of carbonyl (C=O) groups is 1. The van der Waals surface area contributed by atoms with Gasteiger partial charge in [-0.2, -0.15) is 5.10 Å². The summed E-state index contributed by atoms with van der Waals surface area (Å²) in [5.74, 6) is -0.548. The van der Waals surface area contributed by atoms with Gasteiger partial charge in [-0.3, -0.25) is 9.89 Å². The van der Waals surface area contributed by atoms with Gasteiger partial charge in [0.25, 0.3) is 0 Å². The van der Waals surface area contributed by atoms with Crippen LogP contribution in [-0.4, -0.2) is 26.4 Å². The summed E-state index contributed by atoms with van der Waals surface area (Å²) in [7, 11) is 0. The first kappa shape index (κ1) is 16.8. The van der Waals surface area contributed by atoms with Gasteiger partial charge in [0.2, 0.25) is 0 Å². The van der Waals surface area contributed by atoms with E-state index in [1.54, 1.807) is 12.3 Å². The molecule has 4 rings (SSSR count). The van der Waals surface area contributed by atoms with Crippen molar-refractivity contribution in [3.8, 4) is 5.75 Å². The number of benzene rings is 2. The Kier molecular flexibility index (Phi) is 4.57. The summed E-state index contributed by atoms with van der Waals surface area (Å²) in [6, 6.07) is 15.1. The lowest BCUT2D eigenvalue weighted by Gasteiger charge is -2.13. The normalized spacial score (nSPS) is 12.1. The van der Waals surface area contributed by atoms with Crippen LogP contribution < -0.4 is 4.74 Å². The van der Waals surface area contributed by atoms with E-state index < -0.39 is 5.97 Å². The molecule has 0 aliphatic carbocycles. The van der Waals surface area contributed by atoms with Crippen LogP contribution in [0.4, 0.5) is 0 Å². The first-order valence-corrected chi connectivity index (χ1v) is 8.46. The molecule has 0 bridgehead atoms. The van der Waals surface area contributed by atoms with Crippen LogP contribution in [0.2, 0.25) is 0 Å². The van der Waals surface area contributed by atoms with E-state index in [4.69, 9.17) is 9.26 Å². The molecule has 0 aliphatic rings. The van der Waals surface area contributed by atoms with Gasteiger partial charge >= 0.3 is 5.97 Å². The number of ether oxygens (including phenoxy) is 1. The van der Waals surface area contributed by atoms with E-state index in [0.717, 1.165) is 22.0 Å². The van der Waals surface area contributed by atoms with Crippen LogP contribution >= 0.6 is 0 Å². The minimum Gasteiger partial charge on any atom is -0.489 e. The Morgan fingerprint density at radius 2 is 2.04 bits per heavy atom. The van der Waals surface area contributed by atoms with Crippen LogP contribution in [-0.2, 0) is 11.4 Å². The summed E-state index contributed by atoms with van der Waals surface area (Å²) in [5.41, 5.74) is 3.44. The molecule has 2 aromatic carbocycles. The zero-order valence-electron chi connectivity index (χ0n) is 14.3. The van der Waals surface area contributed by atoms with E-state index in [9.17, 15) is 9.90 Å². The number of carboxylic acid groups (broad SMARTS) is 1. The van der Waals surface area contributed by atoms with E-state index >= 15 is 0 Å². The second-order valence-corrected chi connectivity index (χ2v) is 6.22. The van der Waals surface area contributed by atoms with Crippen molar-refractivity contribution in [1.29, 1.82) is 0 Å². The highest BCUT2D eigenvalue weighted by Crippen LogP contribution is 2.28. The molecule has 0 aliphatic heterocycles. The van der Waals surface area contributed by atoms with Gasteiger partial charge in [0, 0.05) is 17.4 Å². The molecule has 1 unspecified atom stereocenters. The zero-order chi connectivity index (χ0) is 18.6. The first-order chi connectivity index (χ1) is 13.2. The smallest absolute Gasteiger partial charge is 0.304 e. The van der Waals surface area contributed by atoms with Gasteiger partial charge in [-0.1, -0.05) is 29.4 Å². The minimum atomic E-state index is -0.891. The molecule has 0 fully saturated rings. The maximum absolute atomic E-state index is 11.2. The fourth-order valence-corrected chi connectivity index (χ4v) is 3.01. The summed E-state index contributed by atoms with van der Waals surface area (Å²) >= 11 is 0. The second kappa shape index (κ2) is 7.33. The highest BCUT2D eigenvalue weighted by molar-refractivity contribution is 5.78. The maximum atomic E-state index is 11.2. The number of hydrogen-bond donors (Lipinski definition) is 2. The number of carboxylic acids is 1. The molecular weight excluding hydrogens is 346 g/mol. The van der Waals surface area contributed by atoms with Crippen LogP contribution in [0.5, 0.6) is 5.75 Å². The molecule has 0 radical (unpaired) electrons. The quantitative estimate of drug-likeness (QED) is 0.519. The molecule has 0 amide bonds. The summed E-state index contributed by atoms with van der Waals surface area (Å²) in [5, 5.41) is 21.1. The topological polar surface area (TPSA) is 101 Å². The van der Waals surface area contributed by atoms with Gasteiger partial charge < -0.3 is 14.4 Å². The molecule has 2 heterocycles. The molecule has 0 saturated carbocycles. The number of nitrogens with one attached hydrogen (secondary N) is 1. The second-order valence-electron chi connectivity index (χ2n) is 6.22. The van der Waals surface area contributed by atoms with Crippen LogP contribution in [0, 0.1) is 0 Å². The van der Waals surface area contributed by atoms with Crippen molar-refractivity contribution >= 4 is 16.9 Å². The van der Waals surface area contributed by atoms with Crippen molar-refractivity contribution in [2.45, 2.75) is 18.9 Å². The lowest BCUT2D eigenvalue weighted by atomic mass is 9.92. The predicted molar refractivity (Wildman–Crippen MR) is 97.5 cm³/mol. The van der Waals surface area contributed by atoms with Gasteiger partial charge in [0.05, 0.1) is 23.8 Å². The third kappa shape index (κ3) is 3.82. The van der Waals surface area contributed by atoms with E-state index in [1.165, 1.54) is 6.26 Å². The average molecular weight is 363 g/mol. The van der Waals surface area contributed by atoms with Gasteiger partial charge in [0.1, 0.15) is 18.6 Å². The third-order valence-electron chi connectivity index (χ3n) is 4.39. The van der Waals surface area contributed by atoms with Crippen LogP contribution in [0.3, 0.4) is 0 Å². The highest BCUT2D eigenvalue weighted by atomic mass is 16.5. The number of aromatic nitrogens is 3. The van der Waals surface area contributed by atoms with Gasteiger partial charge in [-0.15, -0.1) is 0 Å². The molecule has 4 aromatic rings. The van der Waals surface area contributed by atoms with E-state index in [0.29, 0.717) is 18.1 Å². The van der Waals surface area contributed by atoms with Gasteiger partial charge in [-0.05, 0) is 29.3 Å². The van der Waals surface area contributed by atoms with Crippen molar-refractivity contribution < 1.29 is 19.2 Å². The fourth-order valence-electron chi connectivity index (χ4n) is 3.01. The Labute approximate surface area is 154 Å². The third-order valence-corrected chi connectivity index (χ3v) is 4.39. The summed E-state index contributed by atoms with van der Waals surface area (Å²) in [4.78, 5) is 11.2. The molecule has 0 spiro atoms. The summed E-state index contributed by atoms with van der Waals surface area (Å²) < 4.78 is 10.7. The number of fused-ring (bicyclic) bond motifs is 1. The highest BCUT2D eigenvalue weighted by Gasteiger charge is 2.20. The molecule has 136 valence electrons. The van der Waals surface area contributed by atoms with Crippen molar-refractivity contribution in [1.82, 2.24) is 15.4 Å². The van der Waals surface area contributed by atoms with E-state index in [1.807, 2.05) is 42.5 Å². The number of hydrogen-bond acceptors (Lipinski definition) is 5. The molecule has 2 aromatic heterocycles. The van der Waals surface area contributed by atoms with Crippen LogP contribution in [0.15, 0.2) is 65.5 Å². The molecule has 1 atom stereocenters. The van der Waals surface area contributed by atoms with Crippen molar-refractivity contribution in [2.24, 2.45) is 0 Å². The average Bonchev–Trinajstić information content (AvgIpc) is 3.36. The molecule has 27 heavy (non-hydrogen) atoms. The molecule has 2 N–H and O–H groups in total. The standard InChI is InChI=1S/C20H17N3O4/c24-20(25)10-17(18-7-8-27-23-18)14-3-5-16(6-4-14)26-12-13-1-2-15-11-21-22-19(15)9-13/h1-9,11,17H,10,12H2,(H,21,22)(H,24,25). The SMILES string of the molecule is O=C(O)CC(c1ccc(OCc2ccc3cn[nH]c3c2)cc1)c1ccon1. The summed E-state index contributed by atoms with van der Waals surface area (Å²) in [6.07, 6.45) is 3.16. The maximum Gasteiger partial charge on any atom is 0.304 e. The van der Waals surface area contributed by atoms with Crippen LogP contribution in [0.25, 0.3) is 10.9 Å². The lowest BCUT2D eigenvalue weighted by Crippen LogP contribution is -2.08. The number of nitrogens with zero attached hydrogens (tertiary/aromatic N) is 2. The van der Waals surface area contributed by atoms with E-state index in [2.05, 4.69) is 15.4 Å². The van der Waals surface area contributed by atoms with E-state index in [-0.39, 0.29) is 12.3 Å². The zero-order valence-corrected chi connectivity index (χ0v) is 14.3. The predicted octanol–water partition coefficient (Wildman–Crippen LogP) is 3.74. The lowest BCUT2D eigenvalue weighted by molar-refractivity contribution is -0.137. The number of rotatable bonds is 7. The molecule has 7 heteroatoms. The first-order valence-electron chi connectivity index (χ1n) is 8.46. The Morgan fingerprint density at radius 1 is 1.19 bits per heavy atom. The Hall–Kier alpha value is -3.61.